The number of ether oxygens (including phenoxy) is 1. The summed E-state index contributed by atoms with van der Waals surface area (Å²) in [5.74, 6) is 0.107. The van der Waals surface area contributed by atoms with E-state index in [2.05, 4.69) is 16.0 Å². The normalized spacial score (nSPS) is 20.7. The number of urea groups is 1. The van der Waals surface area contributed by atoms with Crippen LogP contribution in [0, 0.1) is 5.92 Å². The van der Waals surface area contributed by atoms with Crippen molar-refractivity contribution in [1.82, 2.24) is 10.6 Å². The summed E-state index contributed by atoms with van der Waals surface area (Å²) in [5.41, 5.74) is 2.91. The third-order valence-corrected chi connectivity index (χ3v) is 5.41. The predicted octanol–water partition coefficient (Wildman–Crippen LogP) is 3.87. The second kappa shape index (κ2) is 8.93. The molecule has 2 aliphatic rings. The molecular weight excluding hydrogens is 342 g/mol. The van der Waals surface area contributed by atoms with Gasteiger partial charge in [-0.05, 0) is 42.9 Å². The minimum Gasteiger partial charge on any atom is -0.462 e. The Labute approximate surface area is 160 Å². The van der Waals surface area contributed by atoms with Crippen LogP contribution in [0.2, 0.25) is 0 Å². The first-order valence-electron chi connectivity index (χ1n) is 9.87. The van der Waals surface area contributed by atoms with E-state index in [0.717, 1.165) is 24.1 Å². The van der Waals surface area contributed by atoms with E-state index in [4.69, 9.17) is 4.74 Å². The van der Waals surface area contributed by atoms with Gasteiger partial charge in [-0.2, -0.15) is 0 Å². The van der Waals surface area contributed by atoms with Crippen LogP contribution >= 0.6 is 0 Å². The molecule has 0 saturated heterocycles. The highest BCUT2D eigenvalue weighted by atomic mass is 16.5. The van der Waals surface area contributed by atoms with E-state index in [1.807, 2.05) is 38.2 Å². The van der Waals surface area contributed by atoms with E-state index >= 15 is 0 Å². The van der Waals surface area contributed by atoms with Gasteiger partial charge in [-0.3, -0.25) is 0 Å². The minimum absolute atomic E-state index is 0.296. The van der Waals surface area contributed by atoms with Crippen LogP contribution < -0.4 is 16.0 Å². The Morgan fingerprint density at radius 2 is 2.04 bits per heavy atom. The van der Waals surface area contributed by atoms with Gasteiger partial charge in [-0.25, -0.2) is 9.59 Å². The number of anilines is 1. The number of amides is 2. The van der Waals surface area contributed by atoms with Gasteiger partial charge in [0.05, 0.1) is 18.2 Å². The van der Waals surface area contributed by atoms with Crippen LogP contribution in [-0.4, -0.2) is 25.7 Å². The SMILES string of the molecule is CCC1=C(C(=O)OCC2CCCCC2)C(c2cccc(NC)c2)NC(=O)N1. The molecule has 1 saturated carbocycles. The average Bonchev–Trinajstić information content (AvgIpc) is 2.72. The van der Waals surface area contributed by atoms with Gasteiger partial charge in [0.25, 0.3) is 0 Å². The lowest BCUT2D eigenvalue weighted by Gasteiger charge is -2.30. The Kier molecular flexibility index (Phi) is 6.37. The molecule has 0 spiro atoms. The van der Waals surface area contributed by atoms with Gasteiger partial charge in [0.2, 0.25) is 0 Å². The zero-order chi connectivity index (χ0) is 19.2. The summed E-state index contributed by atoms with van der Waals surface area (Å²) in [6, 6.07) is 6.90. The molecule has 27 heavy (non-hydrogen) atoms. The molecule has 3 rings (SSSR count). The maximum absolute atomic E-state index is 13.0. The van der Waals surface area contributed by atoms with Crippen LogP contribution in [0.4, 0.5) is 10.5 Å². The Bertz CT molecular complexity index is 723. The van der Waals surface area contributed by atoms with Crippen LogP contribution in [-0.2, 0) is 9.53 Å². The highest BCUT2D eigenvalue weighted by molar-refractivity contribution is 5.95. The number of allylic oxidation sites excluding steroid dienone is 1. The maximum Gasteiger partial charge on any atom is 0.338 e. The minimum atomic E-state index is -0.513. The first-order chi connectivity index (χ1) is 13.1. The number of rotatable bonds is 6. The zero-order valence-electron chi connectivity index (χ0n) is 16.1. The van der Waals surface area contributed by atoms with Crippen molar-refractivity contribution in [3.63, 3.8) is 0 Å². The van der Waals surface area contributed by atoms with Crippen molar-refractivity contribution >= 4 is 17.7 Å². The summed E-state index contributed by atoms with van der Waals surface area (Å²) in [6.45, 7) is 2.38. The third kappa shape index (κ3) is 4.62. The predicted molar refractivity (Wildman–Crippen MR) is 105 cm³/mol. The molecule has 0 aromatic heterocycles. The molecule has 3 N–H and O–H groups in total. The second-order valence-electron chi connectivity index (χ2n) is 7.26. The largest absolute Gasteiger partial charge is 0.462 e. The molecule has 6 heteroatoms. The van der Waals surface area contributed by atoms with Gasteiger partial charge in [-0.15, -0.1) is 0 Å². The molecule has 6 nitrogen and oxygen atoms in total. The summed E-state index contributed by atoms with van der Waals surface area (Å²) in [6.07, 6.45) is 6.49. The van der Waals surface area contributed by atoms with Crippen molar-refractivity contribution in [3.8, 4) is 0 Å². The van der Waals surface area contributed by atoms with Gasteiger partial charge in [0.1, 0.15) is 0 Å². The first-order valence-corrected chi connectivity index (χ1v) is 9.87. The van der Waals surface area contributed by atoms with Gasteiger partial charge < -0.3 is 20.7 Å². The molecule has 1 heterocycles. The van der Waals surface area contributed by atoms with Crippen molar-refractivity contribution in [2.75, 3.05) is 19.0 Å². The van der Waals surface area contributed by atoms with Crippen LogP contribution in [0.3, 0.4) is 0 Å². The standard InChI is InChI=1S/C21H29N3O3/c1-3-17-18(20(25)27-13-14-8-5-4-6-9-14)19(24-21(26)23-17)15-10-7-11-16(12-15)22-2/h7,10-12,14,19,22H,3-6,8-9,13H2,1-2H3,(H2,23,24,26). The van der Waals surface area contributed by atoms with Gasteiger partial charge in [0.15, 0.2) is 0 Å². The van der Waals surface area contributed by atoms with Crippen LogP contribution in [0.5, 0.6) is 0 Å². The molecule has 2 amide bonds. The van der Waals surface area contributed by atoms with Crippen molar-refractivity contribution in [2.24, 2.45) is 5.92 Å². The van der Waals surface area contributed by atoms with Gasteiger partial charge >= 0.3 is 12.0 Å². The smallest absolute Gasteiger partial charge is 0.338 e. The fourth-order valence-electron chi connectivity index (χ4n) is 3.89. The number of nitrogens with one attached hydrogen (secondary N) is 3. The highest BCUT2D eigenvalue weighted by Crippen LogP contribution is 2.31. The number of esters is 1. The quantitative estimate of drug-likeness (QED) is 0.663. The average molecular weight is 371 g/mol. The molecule has 1 aromatic carbocycles. The third-order valence-electron chi connectivity index (χ3n) is 5.41. The summed E-state index contributed by atoms with van der Waals surface area (Å²) in [4.78, 5) is 25.1. The number of carbonyl (C=O) groups excluding carboxylic acids is 2. The molecule has 1 aliphatic carbocycles. The fourth-order valence-corrected chi connectivity index (χ4v) is 3.89. The van der Waals surface area contributed by atoms with Crippen molar-refractivity contribution in [3.05, 3.63) is 41.1 Å². The molecule has 1 aliphatic heterocycles. The number of hydrogen-bond donors (Lipinski definition) is 3. The summed E-state index contributed by atoms with van der Waals surface area (Å²) >= 11 is 0. The summed E-state index contributed by atoms with van der Waals surface area (Å²) in [7, 11) is 1.84. The maximum atomic E-state index is 13.0. The van der Waals surface area contributed by atoms with E-state index < -0.39 is 6.04 Å². The van der Waals surface area contributed by atoms with Crippen LogP contribution in [0.1, 0.15) is 57.1 Å². The molecule has 1 atom stereocenters. The molecule has 1 unspecified atom stereocenters. The van der Waals surface area contributed by atoms with Crippen molar-refractivity contribution in [1.29, 1.82) is 0 Å². The Morgan fingerprint density at radius 1 is 1.26 bits per heavy atom. The van der Waals surface area contributed by atoms with Gasteiger partial charge in [0, 0.05) is 18.4 Å². The topological polar surface area (TPSA) is 79.5 Å². The summed E-state index contributed by atoms with van der Waals surface area (Å²) < 4.78 is 5.69. The van der Waals surface area contributed by atoms with Crippen molar-refractivity contribution in [2.45, 2.75) is 51.5 Å². The first kappa shape index (κ1) is 19.3. The zero-order valence-corrected chi connectivity index (χ0v) is 16.1. The number of carbonyl (C=O) groups is 2. The molecule has 0 radical (unpaired) electrons. The lowest BCUT2D eigenvalue weighted by molar-refractivity contribution is -0.141. The fraction of sp³-hybridized carbons (Fsp3) is 0.524. The van der Waals surface area contributed by atoms with Crippen molar-refractivity contribution < 1.29 is 14.3 Å². The lowest BCUT2D eigenvalue weighted by atomic mass is 9.90. The molecule has 0 bridgehead atoms. The molecule has 146 valence electrons. The Balaban J connectivity index is 1.83. The second-order valence-corrected chi connectivity index (χ2v) is 7.26. The van der Waals surface area contributed by atoms with E-state index in [1.54, 1.807) is 0 Å². The monoisotopic (exact) mass is 371 g/mol. The van der Waals surface area contributed by atoms with E-state index in [0.29, 0.717) is 30.2 Å². The highest BCUT2D eigenvalue weighted by Gasteiger charge is 2.33. The number of benzene rings is 1. The molecule has 1 fully saturated rings. The van der Waals surface area contributed by atoms with Gasteiger partial charge in [-0.1, -0.05) is 38.3 Å². The molecule has 1 aromatic rings. The van der Waals surface area contributed by atoms with Crippen LogP contribution in [0.25, 0.3) is 0 Å². The Morgan fingerprint density at radius 3 is 2.74 bits per heavy atom. The number of hydrogen-bond acceptors (Lipinski definition) is 4. The lowest BCUT2D eigenvalue weighted by Crippen LogP contribution is -2.46. The van der Waals surface area contributed by atoms with Crippen LogP contribution in [0.15, 0.2) is 35.5 Å². The van der Waals surface area contributed by atoms with E-state index in [-0.39, 0.29) is 12.0 Å². The Hall–Kier alpha value is -2.50. The molecular formula is C21H29N3O3. The van der Waals surface area contributed by atoms with E-state index in [1.165, 1.54) is 19.3 Å². The van der Waals surface area contributed by atoms with E-state index in [9.17, 15) is 9.59 Å². The summed E-state index contributed by atoms with van der Waals surface area (Å²) in [5, 5.41) is 8.75.